The van der Waals surface area contributed by atoms with Crippen molar-refractivity contribution in [1.82, 2.24) is 0 Å². The number of Topliss-reactive ketones (excluding diaryl/α,β-unsaturated/α-hetero) is 1. The topological polar surface area (TPSA) is 51.2 Å². The van der Waals surface area contributed by atoms with Gasteiger partial charge in [-0.15, -0.1) is 11.3 Å². The fraction of sp³-hybridized carbons (Fsp3) is 0.643. The van der Waals surface area contributed by atoms with Crippen molar-refractivity contribution >= 4 is 27.0 Å². The normalized spacial score (nSPS) is 24.3. The van der Waals surface area contributed by atoms with E-state index in [1.165, 1.54) is 11.3 Å². The molecule has 1 aromatic rings. The summed E-state index contributed by atoms with van der Waals surface area (Å²) in [6.07, 6.45) is 3.48. The molecule has 1 saturated carbocycles. The second kappa shape index (κ2) is 5.75. The predicted octanol–water partition coefficient (Wildman–Crippen LogP) is 3.23. The van der Waals surface area contributed by atoms with Crippen LogP contribution in [0.3, 0.4) is 0 Å². The number of hydrogen-bond donors (Lipinski definition) is 0. The fourth-order valence-electron chi connectivity index (χ4n) is 2.66. The molecule has 1 aliphatic rings. The predicted molar refractivity (Wildman–Crippen MR) is 78.6 cm³/mol. The maximum absolute atomic E-state index is 12.3. The minimum Gasteiger partial charge on any atom is -0.292 e. The van der Waals surface area contributed by atoms with Crippen LogP contribution in [0.4, 0.5) is 0 Å². The molecule has 106 valence electrons. The van der Waals surface area contributed by atoms with Crippen LogP contribution in [0.1, 0.15) is 47.2 Å². The Morgan fingerprint density at radius 3 is 2.68 bits per heavy atom. The SMILES string of the molecule is Cc1ccc(C(=O)CS(=O)(=O)C2CCCC(C)C2)s1. The van der Waals surface area contributed by atoms with Crippen molar-refractivity contribution in [2.24, 2.45) is 5.92 Å². The summed E-state index contributed by atoms with van der Waals surface area (Å²) in [5.74, 6) is -0.131. The number of hydrogen-bond acceptors (Lipinski definition) is 4. The lowest BCUT2D eigenvalue weighted by atomic mass is 9.91. The van der Waals surface area contributed by atoms with Gasteiger partial charge < -0.3 is 0 Å². The highest BCUT2D eigenvalue weighted by Gasteiger charge is 2.32. The number of aryl methyl sites for hydroxylation is 1. The second-order valence-electron chi connectivity index (χ2n) is 5.53. The van der Waals surface area contributed by atoms with Crippen LogP contribution < -0.4 is 0 Å². The lowest BCUT2D eigenvalue weighted by Gasteiger charge is -2.26. The Kier molecular flexibility index (Phi) is 4.46. The van der Waals surface area contributed by atoms with E-state index in [9.17, 15) is 13.2 Å². The average molecular weight is 300 g/mol. The van der Waals surface area contributed by atoms with E-state index in [1.807, 2.05) is 13.0 Å². The van der Waals surface area contributed by atoms with Gasteiger partial charge in [-0.05, 0) is 37.8 Å². The Bertz CT molecular complexity index is 557. The smallest absolute Gasteiger partial charge is 0.187 e. The molecule has 0 amide bonds. The first-order chi connectivity index (χ1) is 8.88. The molecule has 1 aromatic heterocycles. The van der Waals surface area contributed by atoms with Crippen LogP contribution in [0.2, 0.25) is 0 Å². The van der Waals surface area contributed by atoms with Crippen molar-refractivity contribution in [2.45, 2.75) is 44.8 Å². The maximum Gasteiger partial charge on any atom is 0.187 e. The van der Waals surface area contributed by atoms with Crippen LogP contribution in [0.25, 0.3) is 0 Å². The number of rotatable bonds is 4. The van der Waals surface area contributed by atoms with Crippen LogP contribution in [0, 0.1) is 12.8 Å². The van der Waals surface area contributed by atoms with Crippen LogP contribution in [-0.4, -0.2) is 25.2 Å². The summed E-state index contributed by atoms with van der Waals surface area (Å²) < 4.78 is 24.6. The van der Waals surface area contributed by atoms with E-state index in [0.717, 1.165) is 17.7 Å². The molecule has 1 heterocycles. The summed E-state index contributed by atoms with van der Waals surface area (Å²) in [5, 5.41) is -0.318. The molecule has 0 N–H and O–H groups in total. The Morgan fingerprint density at radius 2 is 2.11 bits per heavy atom. The molecule has 1 fully saturated rings. The van der Waals surface area contributed by atoms with Crippen molar-refractivity contribution in [3.8, 4) is 0 Å². The molecule has 2 unspecified atom stereocenters. The molecule has 0 aliphatic heterocycles. The van der Waals surface area contributed by atoms with Gasteiger partial charge in [0.2, 0.25) is 0 Å². The molecule has 0 bridgehead atoms. The van der Waals surface area contributed by atoms with Crippen molar-refractivity contribution in [3.05, 3.63) is 21.9 Å². The van der Waals surface area contributed by atoms with Gasteiger partial charge in [-0.1, -0.05) is 19.8 Å². The van der Waals surface area contributed by atoms with Crippen molar-refractivity contribution in [1.29, 1.82) is 0 Å². The van der Waals surface area contributed by atoms with Gasteiger partial charge >= 0.3 is 0 Å². The first kappa shape index (κ1) is 14.7. The van der Waals surface area contributed by atoms with Gasteiger partial charge in [-0.25, -0.2) is 8.42 Å². The van der Waals surface area contributed by atoms with E-state index < -0.39 is 9.84 Å². The first-order valence-electron chi connectivity index (χ1n) is 6.69. The lowest BCUT2D eigenvalue weighted by Crippen LogP contribution is -2.31. The number of ketones is 1. The number of sulfone groups is 1. The molecule has 1 aliphatic carbocycles. The first-order valence-corrected chi connectivity index (χ1v) is 9.23. The monoisotopic (exact) mass is 300 g/mol. The summed E-state index contributed by atoms with van der Waals surface area (Å²) in [6.45, 7) is 4.00. The van der Waals surface area contributed by atoms with Crippen LogP contribution in [0.5, 0.6) is 0 Å². The minimum absolute atomic E-state index is 0.253. The third-order valence-electron chi connectivity index (χ3n) is 3.74. The summed E-state index contributed by atoms with van der Waals surface area (Å²) in [7, 11) is -3.30. The molecular weight excluding hydrogens is 280 g/mol. The molecule has 0 saturated heterocycles. The Morgan fingerprint density at radius 1 is 1.37 bits per heavy atom. The average Bonchev–Trinajstić information content (AvgIpc) is 2.75. The lowest BCUT2D eigenvalue weighted by molar-refractivity contribution is 0.102. The van der Waals surface area contributed by atoms with Gasteiger partial charge in [0.1, 0.15) is 5.75 Å². The quantitative estimate of drug-likeness (QED) is 0.802. The molecule has 19 heavy (non-hydrogen) atoms. The van der Waals surface area contributed by atoms with Gasteiger partial charge in [0.05, 0.1) is 10.1 Å². The van der Waals surface area contributed by atoms with E-state index in [1.54, 1.807) is 6.07 Å². The molecule has 5 heteroatoms. The van der Waals surface area contributed by atoms with E-state index >= 15 is 0 Å². The third-order valence-corrected chi connectivity index (χ3v) is 6.89. The molecular formula is C14H20O3S2. The van der Waals surface area contributed by atoms with Crippen molar-refractivity contribution in [3.63, 3.8) is 0 Å². The number of carbonyl (C=O) groups excluding carboxylic acids is 1. The summed E-state index contributed by atoms with van der Waals surface area (Å²) >= 11 is 1.37. The zero-order chi connectivity index (χ0) is 14.0. The fourth-order valence-corrected chi connectivity index (χ4v) is 5.46. The van der Waals surface area contributed by atoms with Gasteiger partial charge in [0.15, 0.2) is 15.6 Å². The number of thiophene rings is 1. The molecule has 0 spiro atoms. The standard InChI is InChI=1S/C14H20O3S2/c1-10-4-3-5-12(8-10)19(16,17)9-13(15)14-7-6-11(2)18-14/h6-7,10,12H,3-5,8-9H2,1-2H3. The summed E-state index contributed by atoms with van der Waals surface area (Å²) in [6, 6.07) is 3.58. The Hall–Kier alpha value is -0.680. The molecule has 2 atom stereocenters. The summed E-state index contributed by atoms with van der Waals surface area (Å²) in [4.78, 5) is 13.6. The number of carbonyl (C=O) groups is 1. The van der Waals surface area contributed by atoms with Crippen LogP contribution in [-0.2, 0) is 9.84 Å². The Labute approximate surface area is 119 Å². The maximum atomic E-state index is 12.3. The summed E-state index contributed by atoms with van der Waals surface area (Å²) in [5.41, 5.74) is 0. The third kappa shape index (κ3) is 3.66. The van der Waals surface area contributed by atoms with Crippen molar-refractivity contribution in [2.75, 3.05) is 5.75 Å². The molecule has 0 radical (unpaired) electrons. The van der Waals surface area contributed by atoms with Crippen molar-refractivity contribution < 1.29 is 13.2 Å². The zero-order valence-electron chi connectivity index (χ0n) is 11.4. The molecule has 2 rings (SSSR count). The van der Waals surface area contributed by atoms with Gasteiger partial charge in [0, 0.05) is 4.88 Å². The van der Waals surface area contributed by atoms with Gasteiger partial charge in [-0.2, -0.15) is 0 Å². The largest absolute Gasteiger partial charge is 0.292 e. The van der Waals surface area contributed by atoms with Gasteiger partial charge in [-0.3, -0.25) is 4.79 Å². The van der Waals surface area contributed by atoms with Gasteiger partial charge in [0.25, 0.3) is 0 Å². The van der Waals surface area contributed by atoms with Crippen LogP contribution >= 0.6 is 11.3 Å². The highest BCUT2D eigenvalue weighted by atomic mass is 32.2. The van der Waals surface area contributed by atoms with E-state index in [-0.39, 0.29) is 16.8 Å². The zero-order valence-corrected chi connectivity index (χ0v) is 13.0. The van der Waals surface area contributed by atoms with Crippen LogP contribution in [0.15, 0.2) is 12.1 Å². The highest BCUT2D eigenvalue weighted by molar-refractivity contribution is 7.92. The van der Waals surface area contributed by atoms with E-state index in [2.05, 4.69) is 6.92 Å². The minimum atomic E-state index is -3.30. The Balaban J connectivity index is 2.06. The highest BCUT2D eigenvalue weighted by Crippen LogP contribution is 2.29. The van der Waals surface area contributed by atoms with E-state index in [4.69, 9.17) is 0 Å². The molecule has 0 aromatic carbocycles. The second-order valence-corrected chi connectivity index (χ2v) is 9.10. The van der Waals surface area contributed by atoms with E-state index in [0.29, 0.717) is 23.6 Å². The molecule has 3 nitrogen and oxygen atoms in total.